The number of hydrogen-bond acceptors (Lipinski definition) is 4. The number of fused-ring (bicyclic) bond motifs is 1. The smallest absolute Gasteiger partial charge is 0.332 e. The molecule has 0 radical (unpaired) electrons. The molecule has 138 valence electrons. The van der Waals surface area contributed by atoms with Gasteiger partial charge in [0.2, 0.25) is 0 Å². The number of aromatic amines is 1. The van der Waals surface area contributed by atoms with Gasteiger partial charge in [-0.3, -0.25) is 13.9 Å². The summed E-state index contributed by atoms with van der Waals surface area (Å²) in [5.41, 5.74) is 0.739. The summed E-state index contributed by atoms with van der Waals surface area (Å²) in [5.74, 6) is 1.46. The first kappa shape index (κ1) is 18.0. The molecule has 2 heterocycles. The van der Waals surface area contributed by atoms with Gasteiger partial charge in [-0.05, 0) is 24.5 Å². The Labute approximate surface area is 151 Å². The summed E-state index contributed by atoms with van der Waals surface area (Å²) in [6.45, 7) is 7.16. The fourth-order valence-corrected chi connectivity index (χ4v) is 2.89. The highest BCUT2D eigenvalue weighted by Gasteiger charge is 2.18. The normalized spacial score (nSPS) is 11.4. The van der Waals surface area contributed by atoms with Crippen LogP contribution in [0.25, 0.3) is 22.6 Å². The van der Waals surface area contributed by atoms with E-state index in [1.807, 2.05) is 45.0 Å². The van der Waals surface area contributed by atoms with E-state index in [0.29, 0.717) is 35.9 Å². The van der Waals surface area contributed by atoms with Gasteiger partial charge in [-0.25, -0.2) is 9.78 Å². The van der Waals surface area contributed by atoms with E-state index in [9.17, 15) is 9.59 Å². The molecule has 0 unspecified atom stereocenters. The number of benzene rings is 1. The van der Waals surface area contributed by atoms with Crippen LogP contribution in [0.15, 0.2) is 33.9 Å². The van der Waals surface area contributed by atoms with Gasteiger partial charge in [0.25, 0.3) is 5.56 Å². The Hall–Kier alpha value is -2.83. The number of ether oxygens (including phenoxy) is 1. The Balaban J connectivity index is 2.24. The summed E-state index contributed by atoms with van der Waals surface area (Å²) >= 11 is 0. The largest absolute Gasteiger partial charge is 0.493 e. The van der Waals surface area contributed by atoms with Gasteiger partial charge in [-0.15, -0.1) is 0 Å². The van der Waals surface area contributed by atoms with Crippen LogP contribution in [0, 0.1) is 5.92 Å². The Morgan fingerprint density at radius 3 is 2.65 bits per heavy atom. The van der Waals surface area contributed by atoms with Crippen molar-refractivity contribution in [3.8, 4) is 17.1 Å². The number of imidazole rings is 1. The molecule has 0 fully saturated rings. The van der Waals surface area contributed by atoms with Crippen LogP contribution in [0.5, 0.6) is 5.75 Å². The van der Waals surface area contributed by atoms with Crippen LogP contribution in [-0.4, -0.2) is 25.7 Å². The third-order valence-electron chi connectivity index (χ3n) is 4.13. The lowest BCUT2D eigenvalue weighted by atomic mass is 10.2. The predicted octanol–water partition coefficient (Wildman–Crippen LogP) is 2.54. The van der Waals surface area contributed by atoms with Gasteiger partial charge in [0.1, 0.15) is 17.1 Å². The lowest BCUT2D eigenvalue weighted by Gasteiger charge is -2.10. The predicted molar refractivity (Wildman–Crippen MR) is 102 cm³/mol. The number of para-hydroxylation sites is 1. The van der Waals surface area contributed by atoms with Crippen molar-refractivity contribution in [2.45, 2.75) is 33.7 Å². The summed E-state index contributed by atoms with van der Waals surface area (Å²) in [4.78, 5) is 32.8. The molecule has 7 nitrogen and oxygen atoms in total. The topological polar surface area (TPSA) is 81.9 Å². The quantitative estimate of drug-likeness (QED) is 0.736. The molecular formula is C19H24N4O3. The second-order valence-corrected chi connectivity index (χ2v) is 6.78. The van der Waals surface area contributed by atoms with Crippen molar-refractivity contribution in [1.82, 2.24) is 19.1 Å². The number of hydrogen-bond donors (Lipinski definition) is 1. The van der Waals surface area contributed by atoms with E-state index in [2.05, 4.69) is 9.97 Å². The lowest BCUT2D eigenvalue weighted by molar-refractivity contribution is 0.318. The van der Waals surface area contributed by atoms with E-state index in [1.54, 1.807) is 4.57 Å². The summed E-state index contributed by atoms with van der Waals surface area (Å²) < 4.78 is 8.47. The second-order valence-electron chi connectivity index (χ2n) is 6.78. The maximum Gasteiger partial charge on any atom is 0.332 e. The maximum atomic E-state index is 12.5. The number of nitrogens with one attached hydrogen (secondary N) is 1. The molecule has 0 saturated heterocycles. The van der Waals surface area contributed by atoms with Crippen molar-refractivity contribution in [3.05, 3.63) is 45.1 Å². The van der Waals surface area contributed by atoms with Crippen LogP contribution < -0.4 is 16.0 Å². The van der Waals surface area contributed by atoms with Gasteiger partial charge in [-0.1, -0.05) is 32.9 Å². The minimum atomic E-state index is -0.379. The fourth-order valence-electron chi connectivity index (χ4n) is 2.89. The highest BCUT2D eigenvalue weighted by Crippen LogP contribution is 2.28. The monoisotopic (exact) mass is 356 g/mol. The standard InChI is InChI=1S/C19H24N4O3/c1-5-10-26-14-9-7-6-8-13(14)16-20-15-17(21-16)23(11-12(2)3)19(25)22(4)18(15)24/h6-9,12H,5,10-11H2,1-4H3,(H,20,21). The molecular weight excluding hydrogens is 332 g/mol. The highest BCUT2D eigenvalue weighted by molar-refractivity contribution is 5.77. The zero-order valence-corrected chi connectivity index (χ0v) is 15.6. The zero-order valence-electron chi connectivity index (χ0n) is 15.6. The van der Waals surface area contributed by atoms with E-state index in [-0.39, 0.29) is 17.2 Å². The molecule has 7 heteroatoms. The molecule has 0 aliphatic rings. The first-order valence-electron chi connectivity index (χ1n) is 8.85. The van der Waals surface area contributed by atoms with E-state index in [4.69, 9.17) is 4.74 Å². The zero-order chi connectivity index (χ0) is 18.8. The van der Waals surface area contributed by atoms with Crippen LogP contribution >= 0.6 is 0 Å². The Kier molecular flexibility index (Phi) is 4.97. The molecule has 26 heavy (non-hydrogen) atoms. The van der Waals surface area contributed by atoms with Crippen molar-refractivity contribution < 1.29 is 4.74 Å². The van der Waals surface area contributed by atoms with E-state index < -0.39 is 0 Å². The van der Waals surface area contributed by atoms with Crippen LogP contribution in [0.1, 0.15) is 27.2 Å². The van der Waals surface area contributed by atoms with Gasteiger partial charge >= 0.3 is 5.69 Å². The fraction of sp³-hybridized carbons (Fsp3) is 0.421. The molecule has 3 aromatic rings. The molecule has 0 amide bonds. The highest BCUT2D eigenvalue weighted by atomic mass is 16.5. The number of nitrogens with zero attached hydrogens (tertiary/aromatic N) is 3. The molecule has 1 N–H and O–H groups in total. The first-order valence-corrected chi connectivity index (χ1v) is 8.85. The SMILES string of the molecule is CCCOc1ccccc1-c1nc2c([nH]1)c(=O)n(C)c(=O)n2CC(C)C. The first-order chi connectivity index (χ1) is 12.4. The van der Waals surface area contributed by atoms with Crippen molar-refractivity contribution in [2.24, 2.45) is 13.0 Å². The van der Waals surface area contributed by atoms with Gasteiger partial charge < -0.3 is 9.72 Å². The van der Waals surface area contributed by atoms with Crippen LogP contribution in [0.2, 0.25) is 0 Å². The number of aromatic nitrogens is 4. The van der Waals surface area contributed by atoms with Crippen molar-refractivity contribution in [3.63, 3.8) is 0 Å². The van der Waals surface area contributed by atoms with Gasteiger partial charge in [0, 0.05) is 13.6 Å². The average Bonchev–Trinajstić information content (AvgIpc) is 3.07. The molecule has 0 atom stereocenters. The number of rotatable bonds is 6. The Morgan fingerprint density at radius 1 is 1.23 bits per heavy atom. The summed E-state index contributed by atoms with van der Waals surface area (Å²) in [6, 6.07) is 7.54. The van der Waals surface area contributed by atoms with E-state index >= 15 is 0 Å². The molecule has 1 aromatic carbocycles. The molecule has 0 spiro atoms. The van der Waals surface area contributed by atoms with E-state index in [0.717, 1.165) is 16.6 Å². The second kappa shape index (κ2) is 7.19. The van der Waals surface area contributed by atoms with Crippen molar-refractivity contribution in [2.75, 3.05) is 6.61 Å². The molecule has 0 saturated carbocycles. The Bertz CT molecular complexity index is 1040. The summed E-state index contributed by atoms with van der Waals surface area (Å²) in [7, 11) is 1.49. The Morgan fingerprint density at radius 2 is 1.96 bits per heavy atom. The molecule has 0 aliphatic heterocycles. The minimum absolute atomic E-state index is 0.244. The minimum Gasteiger partial charge on any atom is -0.493 e. The third-order valence-corrected chi connectivity index (χ3v) is 4.13. The summed E-state index contributed by atoms with van der Waals surface area (Å²) in [6.07, 6.45) is 0.892. The lowest BCUT2D eigenvalue weighted by Crippen LogP contribution is -2.38. The van der Waals surface area contributed by atoms with Crippen LogP contribution in [-0.2, 0) is 13.6 Å². The summed E-state index contributed by atoms with van der Waals surface area (Å²) in [5, 5.41) is 0. The molecule has 0 bridgehead atoms. The van der Waals surface area contributed by atoms with Crippen molar-refractivity contribution in [1.29, 1.82) is 0 Å². The average molecular weight is 356 g/mol. The number of H-pyrrole nitrogens is 1. The van der Waals surface area contributed by atoms with Gasteiger partial charge in [0.15, 0.2) is 5.65 Å². The third kappa shape index (κ3) is 3.16. The van der Waals surface area contributed by atoms with Gasteiger partial charge in [-0.2, -0.15) is 0 Å². The van der Waals surface area contributed by atoms with Crippen molar-refractivity contribution >= 4 is 11.2 Å². The van der Waals surface area contributed by atoms with E-state index in [1.165, 1.54) is 7.05 Å². The molecule has 2 aromatic heterocycles. The molecule has 0 aliphatic carbocycles. The maximum absolute atomic E-state index is 12.5. The molecule has 3 rings (SSSR count). The van der Waals surface area contributed by atoms with Gasteiger partial charge in [0.05, 0.1) is 12.2 Å². The van der Waals surface area contributed by atoms with Crippen LogP contribution in [0.3, 0.4) is 0 Å². The van der Waals surface area contributed by atoms with Crippen LogP contribution in [0.4, 0.5) is 0 Å².